The molecule has 4 aromatic rings. The quantitative estimate of drug-likeness (QED) is 0.186. The van der Waals surface area contributed by atoms with Crippen molar-refractivity contribution < 1.29 is 23.8 Å². The Morgan fingerprint density at radius 3 is 2.35 bits per heavy atom. The SMILES string of the molecule is C[C@@]1(Cl)[C@H](OC(=O)c2ccccc2)[C@@H](COC(=O)c2ccccc2)O[C@H]1n1cc(I)c2c(N)ncnc21. The summed E-state index contributed by atoms with van der Waals surface area (Å²) in [6.07, 6.45) is 0.502. The molecule has 0 spiro atoms. The van der Waals surface area contributed by atoms with E-state index in [9.17, 15) is 9.59 Å². The number of ether oxygens (including phenoxy) is 3. The number of aromatic nitrogens is 3. The van der Waals surface area contributed by atoms with Crippen LogP contribution in [0, 0.1) is 3.57 Å². The van der Waals surface area contributed by atoms with Crippen LogP contribution in [0.4, 0.5) is 5.82 Å². The second-order valence-electron chi connectivity index (χ2n) is 8.68. The Morgan fingerprint density at radius 1 is 1.08 bits per heavy atom. The lowest BCUT2D eigenvalue weighted by atomic mass is 10.0. The molecule has 2 N–H and O–H groups in total. The van der Waals surface area contributed by atoms with E-state index in [2.05, 4.69) is 32.6 Å². The smallest absolute Gasteiger partial charge is 0.338 e. The molecule has 0 bridgehead atoms. The Balaban J connectivity index is 1.47. The molecule has 1 fully saturated rings. The summed E-state index contributed by atoms with van der Waals surface area (Å²) in [5.41, 5.74) is 7.36. The number of hydrogen-bond donors (Lipinski definition) is 1. The van der Waals surface area contributed by atoms with Crippen LogP contribution in [0.15, 0.2) is 73.2 Å². The van der Waals surface area contributed by atoms with Gasteiger partial charge in [-0.25, -0.2) is 19.6 Å². The number of anilines is 1. The van der Waals surface area contributed by atoms with E-state index in [1.54, 1.807) is 78.4 Å². The van der Waals surface area contributed by atoms with Crippen molar-refractivity contribution in [3.05, 3.63) is 87.9 Å². The second-order valence-corrected chi connectivity index (χ2v) is 10.7. The average molecular weight is 633 g/mol. The van der Waals surface area contributed by atoms with Crippen molar-refractivity contribution in [2.24, 2.45) is 0 Å². The standard InChI is InChI=1S/C26H22ClIN4O5/c1-26(27)20(37-24(34)16-10-6-3-7-11-16)18(13-35-23(33)15-8-4-2-5-9-15)36-25(26)32-12-17(28)19-21(29)30-14-31-22(19)32/h2-12,14,18,20,25H,13H2,1H3,(H2,29,30,31)/t18-,20-,25-,26-/m1/s1. The summed E-state index contributed by atoms with van der Waals surface area (Å²) in [5.74, 6) is -0.777. The van der Waals surface area contributed by atoms with Gasteiger partial charge in [-0.3, -0.25) is 0 Å². The summed E-state index contributed by atoms with van der Waals surface area (Å²) >= 11 is 9.24. The summed E-state index contributed by atoms with van der Waals surface area (Å²) in [6, 6.07) is 17.2. The van der Waals surface area contributed by atoms with E-state index in [1.165, 1.54) is 6.33 Å². The zero-order valence-electron chi connectivity index (χ0n) is 19.6. The molecule has 2 aromatic heterocycles. The number of carbonyl (C=O) groups excluding carboxylic acids is 2. The number of halogens is 2. The van der Waals surface area contributed by atoms with Crippen molar-refractivity contribution in [2.75, 3.05) is 12.3 Å². The van der Waals surface area contributed by atoms with E-state index in [4.69, 9.17) is 31.5 Å². The van der Waals surface area contributed by atoms with Crippen molar-refractivity contribution in [1.82, 2.24) is 14.5 Å². The lowest BCUT2D eigenvalue weighted by Gasteiger charge is -2.29. The third kappa shape index (κ3) is 4.88. The zero-order valence-corrected chi connectivity index (χ0v) is 22.5. The minimum atomic E-state index is -1.26. The zero-order chi connectivity index (χ0) is 26.2. The number of carbonyl (C=O) groups is 2. The molecule has 0 aliphatic carbocycles. The molecule has 1 aliphatic rings. The molecule has 0 saturated carbocycles. The molecule has 5 rings (SSSR count). The third-order valence-electron chi connectivity index (χ3n) is 6.16. The Bertz CT molecular complexity index is 1450. The van der Waals surface area contributed by atoms with Crippen molar-refractivity contribution >= 4 is 63.0 Å². The molecule has 0 unspecified atom stereocenters. The molecule has 11 heteroatoms. The van der Waals surface area contributed by atoms with Crippen LogP contribution in [0.25, 0.3) is 11.0 Å². The van der Waals surface area contributed by atoms with Crippen molar-refractivity contribution in [3.63, 3.8) is 0 Å². The number of hydrogen-bond acceptors (Lipinski definition) is 8. The summed E-state index contributed by atoms with van der Waals surface area (Å²) in [4.78, 5) is 32.8. The van der Waals surface area contributed by atoms with Gasteiger partial charge in [-0.15, -0.1) is 11.6 Å². The first-order chi connectivity index (χ1) is 17.8. The van der Waals surface area contributed by atoms with Crippen LogP contribution < -0.4 is 5.73 Å². The normalized spacial score (nSPS) is 23.2. The maximum absolute atomic E-state index is 13.0. The van der Waals surface area contributed by atoms with E-state index >= 15 is 0 Å². The van der Waals surface area contributed by atoms with Crippen LogP contribution in [0.1, 0.15) is 33.9 Å². The third-order valence-corrected chi connectivity index (χ3v) is 7.38. The average Bonchev–Trinajstić information content (AvgIpc) is 3.37. The van der Waals surface area contributed by atoms with Gasteiger partial charge in [0.15, 0.2) is 12.3 Å². The number of fused-ring (bicyclic) bond motifs is 1. The summed E-state index contributed by atoms with van der Waals surface area (Å²) in [6.45, 7) is 1.52. The number of nitrogens with zero attached hydrogens (tertiary/aromatic N) is 3. The van der Waals surface area contributed by atoms with Gasteiger partial charge in [-0.05, 0) is 53.8 Å². The second kappa shape index (κ2) is 10.3. The summed E-state index contributed by atoms with van der Waals surface area (Å²) < 4.78 is 20.3. The predicted molar refractivity (Wildman–Crippen MR) is 145 cm³/mol. The fraction of sp³-hybridized carbons (Fsp3) is 0.231. The van der Waals surface area contributed by atoms with Crippen LogP contribution in [-0.4, -0.2) is 50.2 Å². The molecular weight excluding hydrogens is 611 g/mol. The Hall–Kier alpha value is -3.22. The van der Waals surface area contributed by atoms with Crippen molar-refractivity contribution in [3.8, 4) is 0 Å². The Morgan fingerprint density at radius 2 is 1.70 bits per heavy atom. The van der Waals surface area contributed by atoms with Crippen LogP contribution in [0.5, 0.6) is 0 Å². The van der Waals surface area contributed by atoms with E-state index in [-0.39, 0.29) is 6.61 Å². The number of nitrogens with two attached hydrogens (primary N) is 1. The van der Waals surface area contributed by atoms with Gasteiger partial charge in [0, 0.05) is 9.77 Å². The molecule has 1 saturated heterocycles. The van der Waals surface area contributed by atoms with E-state index in [1.807, 2.05) is 0 Å². The van der Waals surface area contributed by atoms with E-state index in [0.29, 0.717) is 28.0 Å². The summed E-state index contributed by atoms with van der Waals surface area (Å²) in [7, 11) is 0. The first-order valence-electron chi connectivity index (χ1n) is 11.4. The number of esters is 2. The maximum Gasteiger partial charge on any atom is 0.338 e. The molecule has 1 aliphatic heterocycles. The van der Waals surface area contributed by atoms with Gasteiger partial charge < -0.3 is 24.5 Å². The van der Waals surface area contributed by atoms with E-state index < -0.39 is 35.2 Å². The summed E-state index contributed by atoms with van der Waals surface area (Å²) in [5, 5.41) is 0.663. The predicted octanol–water partition coefficient (Wildman–Crippen LogP) is 4.60. The Kier molecular flexibility index (Phi) is 7.06. The van der Waals surface area contributed by atoms with Gasteiger partial charge in [0.25, 0.3) is 0 Å². The lowest BCUT2D eigenvalue weighted by Crippen LogP contribution is -2.43. The number of benzene rings is 2. The number of alkyl halides is 1. The van der Waals surface area contributed by atoms with Gasteiger partial charge in [-0.1, -0.05) is 36.4 Å². The fourth-order valence-corrected chi connectivity index (χ4v) is 5.50. The molecule has 37 heavy (non-hydrogen) atoms. The molecule has 190 valence electrons. The first-order valence-corrected chi connectivity index (χ1v) is 12.8. The Labute approximate surface area is 231 Å². The van der Waals surface area contributed by atoms with Gasteiger partial charge >= 0.3 is 11.9 Å². The fourth-order valence-electron chi connectivity index (χ4n) is 4.34. The molecule has 2 aromatic carbocycles. The molecule has 3 heterocycles. The highest BCUT2D eigenvalue weighted by Crippen LogP contribution is 2.47. The van der Waals surface area contributed by atoms with Crippen LogP contribution in [-0.2, 0) is 14.2 Å². The van der Waals surface area contributed by atoms with Gasteiger partial charge in [0.2, 0.25) is 0 Å². The monoisotopic (exact) mass is 632 g/mol. The maximum atomic E-state index is 13.0. The van der Waals surface area contributed by atoms with Crippen molar-refractivity contribution in [1.29, 1.82) is 0 Å². The van der Waals surface area contributed by atoms with Crippen LogP contribution >= 0.6 is 34.2 Å². The molecule has 4 atom stereocenters. The highest BCUT2D eigenvalue weighted by atomic mass is 127. The van der Waals surface area contributed by atoms with Gasteiger partial charge in [0.05, 0.1) is 16.5 Å². The lowest BCUT2D eigenvalue weighted by molar-refractivity contribution is -0.0564. The first kappa shape index (κ1) is 25.4. The largest absolute Gasteiger partial charge is 0.459 e. The topological polar surface area (TPSA) is 119 Å². The number of nitrogen functional groups attached to an aromatic ring is 1. The minimum Gasteiger partial charge on any atom is -0.459 e. The molecule has 0 radical (unpaired) electrons. The van der Waals surface area contributed by atoms with Gasteiger partial charge in [-0.2, -0.15) is 0 Å². The van der Waals surface area contributed by atoms with Gasteiger partial charge in [0.1, 0.15) is 35.4 Å². The molecule has 0 amide bonds. The molecule has 9 nitrogen and oxygen atoms in total. The van der Waals surface area contributed by atoms with E-state index in [0.717, 1.165) is 3.57 Å². The highest BCUT2D eigenvalue weighted by molar-refractivity contribution is 14.1. The van der Waals surface area contributed by atoms with Crippen LogP contribution in [0.2, 0.25) is 0 Å². The number of rotatable bonds is 6. The molecular formula is C26H22ClIN4O5. The highest BCUT2D eigenvalue weighted by Gasteiger charge is 2.57. The van der Waals surface area contributed by atoms with Crippen molar-refractivity contribution in [2.45, 2.75) is 30.2 Å². The van der Waals surface area contributed by atoms with Crippen LogP contribution in [0.3, 0.4) is 0 Å². The minimum absolute atomic E-state index is 0.188.